The monoisotopic (exact) mass is 268 g/mol. The van der Waals surface area contributed by atoms with E-state index < -0.39 is 11.9 Å². The molecule has 2 atom stereocenters. The highest BCUT2D eigenvalue weighted by molar-refractivity contribution is 7.15. The highest BCUT2D eigenvalue weighted by Crippen LogP contribution is 2.38. The van der Waals surface area contributed by atoms with Crippen LogP contribution in [0.2, 0.25) is 0 Å². The van der Waals surface area contributed by atoms with Gasteiger partial charge in [0.25, 0.3) is 0 Å². The first-order valence-electron chi connectivity index (χ1n) is 6.46. The van der Waals surface area contributed by atoms with Gasteiger partial charge < -0.3 is 10.4 Å². The molecule has 0 saturated heterocycles. The van der Waals surface area contributed by atoms with Gasteiger partial charge in [-0.25, -0.2) is 4.98 Å². The number of hydrogen-bond acceptors (Lipinski definition) is 4. The van der Waals surface area contributed by atoms with E-state index in [9.17, 15) is 4.79 Å². The van der Waals surface area contributed by atoms with E-state index in [2.05, 4.69) is 31.1 Å². The van der Waals surface area contributed by atoms with Gasteiger partial charge in [-0.1, -0.05) is 13.8 Å². The lowest BCUT2D eigenvalue weighted by molar-refractivity contribution is -0.138. The average Bonchev–Trinajstić information content (AvgIpc) is 2.73. The minimum Gasteiger partial charge on any atom is -0.481 e. The smallest absolute Gasteiger partial charge is 0.312 e. The van der Waals surface area contributed by atoms with Crippen molar-refractivity contribution in [1.29, 1.82) is 0 Å². The van der Waals surface area contributed by atoms with E-state index in [0.717, 1.165) is 28.5 Å². The van der Waals surface area contributed by atoms with Crippen molar-refractivity contribution in [2.24, 2.45) is 5.92 Å². The normalized spacial score (nSPS) is 19.9. The third-order valence-electron chi connectivity index (χ3n) is 3.21. The summed E-state index contributed by atoms with van der Waals surface area (Å²) in [6.07, 6.45) is 2.64. The van der Waals surface area contributed by atoms with Gasteiger partial charge >= 0.3 is 5.97 Å². The maximum Gasteiger partial charge on any atom is 0.312 e. The quantitative estimate of drug-likeness (QED) is 0.861. The van der Waals surface area contributed by atoms with Gasteiger partial charge in [-0.3, -0.25) is 4.79 Å². The summed E-state index contributed by atoms with van der Waals surface area (Å²) in [5.41, 5.74) is 0.784. The second-order valence-corrected chi connectivity index (χ2v) is 6.52. The van der Waals surface area contributed by atoms with Crippen LogP contribution in [0.4, 0.5) is 5.13 Å². The van der Waals surface area contributed by atoms with Crippen molar-refractivity contribution in [3.63, 3.8) is 0 Å². The molecule has 2 unspecified atom stereocenters. The molecule has 100 valence electrons. The summed E-state index contributed by atoms with van der Waals surface area (Å²) in [7, 11) is 0. The number of anilines is 1. The van der Waals surface area contributed by atoms with Crippen molar-refractivity contribution < 1.29 is 9.90 Å². The van der Waals surface area contributed by atoms with Crippen LogP contribution < -0.4 is 5.32 Å². The Morgan fingerprint density at radius 2 is 2.28 bits per heavy atom. The van der Waals surface area contributed by atoms with E-state index in [1.165, 1.54) is 0 Å². The topological polar surface area (TPSA) is 62.2 Å². The lowest BCUT2D eigenvalue weighted by atomic mass is 10.1. The predicted molar refractivity (Wildman–Crippen MR) is 73.4 cm³/mol. The first-order valence-corrected chi connectivity index (χ1v) is 7.28. The highest BCUT2D eigenvalue weighted by Gasteiger charge is 2.32. The molecule has 18 heavy (non-hydrogen) atoms. The number of hydrogen-bond donors (Lipinski definition) is 2. The molecule has 2 rings (SSSR count). The van der Waals surface area contributed by atoms with Gasteiger partial charge in [-0.2, -0.15) is 0 Å². The zero-order valence-electron chi connectivity index (χ0n) is 11.1. The molecule has 0 saturated carbocycles. The number of aryl methyl sites for hydroxylation is 1. The van der Waals surface area contributed by atoms with Crippen LogP contribution in [0.5, 0.6) is 0 Å². The number of rotatable bonds is 5. The van der Waals surface area contributed by atoms with Gasteiger partial charge in [0.05, 0.1) is 5.69 Å². The van der Waals surface area contributed by atoms with Gasteiger partial charge in [0.1, 0.15) is 5.92 Å². The molecule has 0 radical (unpaired) electrons. The highest BCUT2D eigenvalue weighted by atomic mass is 32.1. The fourth-order valence-corrected chi connectivity index (χ4v) is 3.66. The Morgan fingerprint density at radius 1 is 1.56 bits per heavy atom. The molecule has 4 nitrogen and oxygen atoms in total. The van der Waals surface area contributed by atoms with Crippen LogP contribution in [0, 0.1) is 5.92 Å². The Balaban J connectivity index is 2.05. The van der Waals surface area contributed by atoms with E-state index in [-0.39, 0.29) is 0 Å². The van der Waals surface area contributed by atoms with Crippen molar-refractivity contribution in [3.8, 4) is 0 Å². The third kappa shape index (κ3) is 2.83. The van der Waals surface area contributed by atoms with Crippen LogP contribution in [0.3, 0.4) is 0 Å². The minimum atomic E-state index is -0.749. The van der Waals surface area contributed by atoms with Gasteiger partial charge in [0, 0.05) is 10.9 Å². The zero-order valence-corrected chi connectivity index (χ0v) is 11.9. The average molecular weight is 268 g/mol. The Labute approximate surface area is 111 Å². The molecule has 0 amide bonds. The molecule has 1 aliphatic carbocycles. The van der Waals surface area contributed by atoms with Crippen LogP contribution in [-0.2, 0) is 11.2 Å². The summed E-state index contributed by atoms with van der Waals surface area (Å²) in [5.74, 6) is -0.501. The lowest BCUT2D eigenvalue weighted by Crippen LogP contribution is -2.17. The summed E-state index contributed by atoms with van der Waals surface area (Å²) in [6, 6.07) is 0.375. The van der Waals surface area contributed by atoms with E-state index in [4.69, 9.17) is 5.11 Å². The van der Waals surface area contributed by atoms with Crippen molar-refractivity contribution in [2.75, 3.05) is 5.32 Å². The second-order valence-electron chi connectivity index (χ2n) is 5.43. The maximum absolute atomic E-state index is 11.1. The molecule has 1 aromatic heterocycles. The van der Waals surface area contributed by atoms with E-state index in [0.29, 0.717) is 18.4 Å². The second kappa shape index (κ2) is 5.26. The number of nitrogens with one attached hydrogen (secondary N) is 1. The van der Waals surface area contributed by atoms with Gasteiger partial charge in [0.15, 0.2) is 5.13 Å². The standard InChI is InChI=1S/C13H20N2O2S/c1-7(2)6-8(3)14-13-15-11-9(12(16)17)4-5-10(11)18-13/h7-9H,4-6H2,1-3H3,(H,14,15)(H,16,17). The molecule has 0 bridgehead atoms. The van der Waals surface area contributed by atoms with Crippen LogP contribution in [0.15, 0.2) is 0 Å². The Bertz CT molecular complexity index is 442. The number of nitrogens with zero attached hydrogens (tertiary/aromatic N) is 1. The van der Waals surface area contributed by atoms with Gasteiger partial charge in [-0.05, 0) is 32.1 Å². The summed E-state index contributed by atoms with van der Waals surface area (Å²) in [6.45, 7) is 6.53. The predicted octanol–water partition coefficient (Wildman–Crippen LogP) is 3.10. The maximum atomic E-state index is 11.1. The number of aromatic nitrogens is 1. The number of thiazole rings is 1. The van der Waals surface area contributed by atoms with Crippen LogP contribution in [-0.4, -0.2) is 22.1 Å². The number of carboxylic acids is 1. The van der Waals surface area contributed by atoms with Crippen molar-refractivity contribution >= 4 is 22.4 Å². The molecular formula is C13H20N2O2S. The fraction of sp³-hybridized carbons (Fsp3) is 0.692. The van der Waals surface area contributed by atoms with E-state index >= 15 is 0 Å². The Morgan fingerprint density at radius 3 is 2.89 bits per heavy atom. The van der Waals surface area contributed by atoms with Crippen LogP contribution in [0.25, 0.3) is 0 Å². The molecule has 1 aliphatic rings. The first-order chi connectivity index (χ1) is 8.47. The van der Waals surface area contributed by atoms with Crippen molar-refractivity contribution in [2.45, 2.75) is 52.0 Å². The molecule has 0 fully saturated rings. The van der Waals surface area contributed by atoms with Crippen LogP contribution in [0.1, 0.15) is 50.1 Å². The van der Waals surface area contributed by atoms with E-state index in [1.807, 2.05) is 0 Å². The summed E-state index contributed by atoms with van der Waals surface area (Å²) in [4.78, 5) is 16.7. The number of carbonyl (C=O) groups is 1. The Kier molecular flexibility index (Phi) is 3.90. The summed E-state index contributed by atoms with van der Waals surface area (Å²) in [5, 5.41) is 13.4. The SMILES string of the molecule is CC(C)CC(C)Nc1nc2c(s1)CCC2C(=O)O. The molecule has 0 aliphatic heterocycles. The molecule has 1 heterocycles. The number of aliphatic carboxylic acids is 1. The van der Waals surface area contributed by atoms with Gasteiger partial charge in [0.2, 0.25) is 0 Å². The summed E-state index contributed by atoms with van der Waals surface area (Å²) < 4.78 is 0. The molecule has 0 spiro atoms. The molecular weight excluding hydrogens is 248 g/mol. The molecule has 1 aromatic rings. The Hall–Kier alpha value is -1.10. The molecule has 5 heteroatoms. The molecule has 2 N–H and O–H groups in total. The van der Waals surface area contributed by atoms with Crippen molar-refractivity contribution in [1.82, 2.24) is 4.98 Å². The third-order valence-corrected chi connectivity index (χ3v) is 4.27. The summed E-state index contributed by atoms with van der Waals surface area (Å²) >= 11 is 1.61. The number of carboxylic acid groups (broad SMARTS) is 1. The largest absolute Gasteiger partial charge is 0.481 e. The lowest BCUT2D eigenvalue weighted by Gasteiger charge is -2.15. The molecule has 0 aromatic carbocycles. The van der Waals surface area contributed by atoms with Gasteiger partial charge in [-0.15, -0.1) is 11.3 Å². The first kappa shape index (κ1) is 13.3. The fourth-order valence-electron chi connectivity index (χ4n) is 2.51. The van der Waals surface area contributed by atoms with E-state index in [1.54, 1.807) is 11.3 Å². The van der Waals surface area contributed by atoms with Crippen LogP contribution >= 0.6 is 11.3 Å². The number of fused-ring (bicyclic) bond motifs is 1. The van der Waals surface area contributed by atoms with Crippen molar-refractivity contribution in [3.05, 3.63) is 10.6 Å². The minimum absolute atomic E-state index is 0.375. The zero-order chi connectivity index (χ0) is 13.3.